The molecule has 1 saturated heterocycles. The molecule has 0 aliphatic carbocycles. The molecule has 2 N–H and O–H groups in total. The fourth-order valence-corrected chi connectivity index (χ4v) is 3.64. The maximum Gasteiger partial charge on any atom is 0.226 e. The Bertz CT molecular complexity index is 627. The molecule has 2 atom stereocenters. The third-order valence-electron chi connectivity index (χ3n) is 4.74. The van der Waals surface area contributed by atoms with Gasteiger partial charge in [0.15, 0.2) is 0 Å². The number of nitrogens with zero attached hydrogens (tertiary/aromatic N) is 1. The standard InChI is InChI=1S/C20H24N2O/c21-20(23)19(17-11-5-2-6-12-17)18-13-7-8-14-22(18)15-16-9-3-1-4-10-16/h1-6,9-12,18-19H,7-8,13-15H2,(H2,21,23). The lowest BCUT2D eigenvalue weighted by Gasteiger charge is -2.39. The summed E-state index contributed by atoms with van der Waals surface area (Å²) < 4.78 is 0. The summed E-state index contributed by atoms with van der Waals surface area (Å²) in [6.07, 6.45) is 3.37. The van der Waals surface area contributed by atoms with Gasteiger partial charge in [0, 0.05) is 12.6 Å². The minimum Gasteiger partial charge on any atom is -0.369 e. The van der Waals surface area contributed by atoms with Crippen molar-refractivity contribution in [3.05, 3.63) is 71.8 Å². The molecule has 2 aromatic rings. The minimum absolute atomic E-state index is 0.184. The van der Waals surface area contributed by atoms with E-state index in [0.717, 1.165) is 31.5 Å². The molecule has 1 amide bonds. The predicted molar refractivity (Wildman–Crippen MR) is 92.9 cm³/mol. The van der Waals surface area contributed by atoms with E-state index in [1.54, 1.807) is 0 Å². The zero-order chi connectivity index (χ0) is 16.1. The first kappa shape index (κ1) is 15.8. The SMILES string of the molecule is NC(=O)C(c1ccccc1)C1CCCCN1Cc1ccccc1. The van der Waals surface area contributed by atoms with E-state index in [4.69, 9.17) is 5.73 Å². The lowest BCUT2D eigenvalue weighted by Crippen LogP contribution is -2.46. The highest BCUT2D eigenvalue weighted by Gasteiger charge is 2.34. The van der Waals surface area contributed by atoms with Crippen molar-refractivity contribution in [2.45, 2.75) is 37.8 Å². The third-order valence-corrected chi connectivity index (χ3v) is 4.74. The summed E-state index contributed by atoms with van der Waals surface area (Å²) in [5, 5.41) is 0. The number of rotatable bonds is 5. The van der Waals surface area contributed by atoms with Gasteiger partial charge in [0.05, 0.1) is 5.92 Å². The molecule has 120 valence electrons. The Kier molecular flexibility index (Phi) is 5.09. The van der Waals surface area contributed by atoms with E-state index in [1.165, 1.54) is 12.0 Å². The van der Waals surface area contributed by atoms with Crippen LogP contribution in [0.4, 0.5) is 0 Å². The molecule has 2 unspecified atom stereocenters. The molecule has 0 bridgehead atoms. The van der Waals surface area contributed by atoms with E-state index >= 15 is 0 Å². The Balaban J connectivity index is 1.85. The number of piperidine rings is 1. The van der Waals surface area contributed by atoms with Gasteiger partial charge in [0.25, 0.3) is 0 Å². The third kappa shape index (κ3) is 3.80. The van der Waals surface area contributed by atoms with Crippen molar-refractivity contribution in [2.75, 3.05) is 6.54 Å². The monoisotopic (exact) mass is 308 g/mol. The maximum atomic E-state index is 12.2. The fourth-order valence-electron chi connectivity index (χ4n) is 3.64. The normalized spacial score (nSPS) is 20.1. The minimum atomic E-state index is -0.236. The molecule has 0 spiro atoms. The molecular weight excluding hydrogens is 284 g/mol. The van der Waals surface area contributed by atoms with Crippen LogP contribution in [0.5, 0.6) is 0 Å². The number of primary amides is 1. The fraction of sp³-hybridized carbons (Fsp3) is 0.350. The van der Waals surface area contributed by atoms with Crippen LogP contribution in [0.25, 0.3) is 0 Å². The summed E-state index contributed by atoms with van der Waals surface area (Å²) in [5.74, 6) is -0.457. The summed E-state index contributed by atoms with van der Waals surface area (Å²) >= 11 is 0. The van der Waals surface area contributed by atoms with E-state index in [0.29, 0.717) is 0 Å². The Morgan fingerprint density at radius 2 is 1.70 bits per heavy atom. The van der Waals surface area contributed by atoms with Gasteiger partial charge < -0.3 is 5.73 Å². The molecule has 3 nitrogen and oxygen atoms in total. The van der Waals surface area contributed by atoms with Crippen LogP contribution < -0.4 is 5.73 Å². The van der Waals surface area contributed by atoms with E-state index in [-0.39, 0.29) is 17.9 Å². The average Bonchev–Trinajstić information content (AvgIpc) is 2.58. The summed E-state index contributed by atoms with van der Waals surface area (Å²) in [5.41, 5.74) is 8.11. The van der Waals surface area contributed by atoms with Gasteiger partial charge in [-0.2, -0.15) is 0 Å². The highest BCUT2D eigenvalue weighted by molar-refractivity contribution is 5.82. The molecule has 1 aliphatic heterocycles. The average molecular weight is 308 g/mol. The Morgan fingerprint density at radius 3 is 2.35 bits per heavy atom. The van der Waals surface area contributed by atoms with Crippen LogP contribution in [0.15, 0.2) is 60.7 Å². The first-order valence-electron chi connectivity index (χ1n) is 8.38. The molecule has 0 aromatic heterocycles. The number of nitrogens with two attached hydrogens (primary N) is 1. The molecule has 1 aliphatic rings. The largest absolute Gasteiger partial charge is 0.369 e. The Hall–Kier alpha value is -2.13. The summed E-state index contributed by atoms with van der Waals surface area (Å²) in [6.45, 7) is 1.90. The first-order valence-corrected chi connectivity index (χ1v) is 8.38. The molecule has 3 rings (SSSR count). The van der Waals surface area contributed by atoms with Gasteiger partial charge in [-0.15, -0.1) is 0 Å². The van der Waals surface area contributed by atoms with Crippen LogP contribution >= 0.6 is 0 Å². The van der Waals surface area contributed by atoms with Crippen LogP contribution in [0, 0.1) is 0 Å². The van der Waals surface area contributed by atoms with Crippen LogP contribution in [0.3, 0.4) is 0 Å². The van der Waals surface area contributed by atoms with Gasteiger partial charge in [0.2, 0.25) is 5.91 Å². The van der Waals surface area contributed by atoms with Crippen molar-refractivity contribution in [2.24, 2.45) is 5.73 Å². The lowest BCUT2D eigenvalue weighted by atomic mass is 9.84. The van der Waals surface area contributed by atoms with Gasteiger partial charge in [-0.1, -0.05) is 67.1 Å². The van der Waals surface area contributed by atoms with Crippen LogP contribution in [-0.4, -0.2) is 23.4 Å². The van der Waals surface area contributed by atoms with Gasteiger partial charge >= 0.3 is 0 Å². The van der Waals surface area contributed by atoms with E-state index in [2.05, 4.69) is 29.2 Å². The lowest BCUT2D eigenvalue weighted by molar-refractivity contribution is -0.121. The Labute approximate surface area is 138 Å². The van der Waals surface area contributed by atoms with Gasteiger partial charge in [0.1, 0.15) is 0 Å². The van der Waals surface area contributed by atoms with Gasteiger partial charge in [-0.25, -0.2) is 0 Å². The summed E-state index contributed by atoms with van der Waals surface area (Å²) in [7, 11) is 0. The van der Waals surface area contributed by atoms with Gasteiger partial charge in [-0.3, -0.25) is 9.69 Å². The number of carbonyl (C=O) groups is 1. The topological polar surface area (TPSA) is 46.3 Å². The second-order valence-electron chi connectivity index (χ2n) is 6.31. The van der Waals surface area contributed by atoms with Crippen molar-refractivity contribution < 1.29 is 4.79 Å². The molecule has 0 radical (unpaired) electrons. The summed E-state index contributed by atoms with van der Waals surface area (Å²) in [6, 6.07) is 20.6. The van der Waals surface area contributed by atoms with E-state index in [9.17, 15) is 4.79 Å². The van der Waals surface area contributed by atoms with Crippen molar-refractivity contribution in [1.29, 1.82) is 0 Å². The van der Waals surface area contributed by atoms with E-state index in [1.807, 2.05) is 36.4 Å². The smallest absolute Gasteiger partial charge is 0.226 e. The van der Waals surface area contributed by atoms with Gasteiger partial charge in [-0.05, 0) is 30.5 Å². The van der Waals surface area contributed by atoms with Crippen molar-refractivity contribution in [1.82, 2.24) is 4.90 Å². The van der Waals surface area contributed by atoms with Crippen LogP contribution in [0.2, 0.25) is 0 Å². The highest BCUT2D eigenvalue weighted by atomic mass is 16.1. The number of benzene rings is 2. The first-order chi connectivity index (χ1) is 11.3. The molecule has 0 saturated carbocycles. The second-order valence-corrected chi connectivity index (χ2v) is 6.31. The van der Waals surface area contributed by atoms with Crippen molar-refractivity contribution in [3.8, 4) is 0 Å². The highest BCUT2D eigenvalue weighted by Crippen LogP contribution is 2.31. The molecular formula is C20H24N2O. The number of carbonyl (C=O) groups excluding carboxylic acids is 1. The number of hydrogen-bond donors (Lipinski definition) is 1. The predicted octanol–water partition coefficient (Wildman–Crippen LogP) is 3.31. The van der Waals surface area contributed by atoms with Crippen molar-refractivity contribution >= 4 is 5.91 Å². The quantitative estimate of drug-likeness (QED) is 0.921. The number of amides is 1. The summed E-state index contributed by atoms with van der Waals surface area (Å²) in [4.78, 5) is 14.6. The van der Waals surface area contributed by atoms with E-state index < -0.39 is 0 Å². The zero-order valence-corrected chi connectivity index (χ0v) is 13.4. The molecule has 23 heavy (non-hydrogen) atoms. The second kappa shape index (κ2) is 7.42. The Morgan fingerprint density at radius 1 is 1.04 bits per heavy atom. The molecule has 2 aromatic carbocycles. The zero-order valence-electron chi connectivity index (χ0n) is 13.4. The van der Waals surface area contributed by atoms with Crippen LogP contribution in [0.1, 0.15) is 36.3 Å². The van der Waals surface area contributed by atoms with Crippen LogP contribution in [-0.2, 0) is 11.3 Å². The molecule has 3 heteroatoms. The van der Waals surface area contributed by atoms with Crippen molar-refractivity contribution in [3.63, 3.8) is 0 Å². The number of hydrogen-bond acceptors (Lipinski definition) is 2. The molecule has 1 fully saturated rings. The number of likely N-dealkylation sites (tertiary alicyclic amines) is 1. The molecule has 1 heterocycles. The maximum absolute atomic E-state index is 12.2.